The Hall–Kier alpha value is -0.960. The van der Waals surface area contributed by atoms with Crippen molar-refractivity contribution in [3.63, 3.8) is 0 Å². The Morgan fingerprint density at radius 1 is 1.50 bits per heavy atom. The Kier molecular flexibility index (Phi) is 1.89. The lowest BCUT2D eigenvalue weighted by atomic mass is 9.99. The topological polar surface area (TPSA) is 38.9 Å². The molecule has 3 heteroatoms. The molecule has 2 nitrogen and oxygen atoms in total. The summed E-state index contributed by atoms with van der Waals surface area (Å²) >= 11 is 0. The highest BCUT2D eigenvalue weighted by Gasteiger charge is 2.41. The van der Waals surface area contributed by atoms with E-state index in [0.29, 0.717) is 5.56 Å². The van der Waals surface area contributed by atoms with Gasteiger partial charge in [-0.15, -0.1) is 0 Å². The second-order valence-corrected chi connectivity index (χ2v) is 4.56. The van der Waals surface area contributed by atoms with Crippen molar-refractivity contribution in [2.75, 3.05) is 0 Å². The molecular formula is C11H15FN2. The third-order valence-electron chi connectivity index (χ3n) is 2.75. The molecule has 1 saturated carbocycles. The third kappa shape index (κ3) is 1.64. The van der Waals surface area contributed by atoms with Crippen molar-refractivity contribution in [2.24, 2.45) is 5.73 Å². The van der Waals surface area contributed by atoms with Crippen LogP contribution >= 0.6 is 0 Å². The molecule has 2 rings (SSSR count). The van der Waals surface area contributed by atoms with Crippen molar-refractivity contribution < 1.29 is 4.39 Å². The van der Waals surface area contributed by atoms with Gasteiger partial charge in [-0.1, -0.05) is 0 Å². The predicted octanol–water partition coefficient (Wildman–Crippen LogP) is 2.23. The van der Waals surface area contributed by atoms with Gasteiger partial charge in [0.15, 0.2) is 0 Å². The maximum Gasteiger partial charge on any atom is 0.130 e. The Labute approximate surface area is 83.3 Å². The zero-order valence-electron chi connectivity index (χ0n) is 8.55. The molecule has 0 saturated heterocycles. The highest BCUT2D eigenvalue weighted by molar-refractivity contribution is 5.29. The second kappa shape index (κ2) is 2.76. The Bertz CT molecular complexity index is 330. The molecule has 0 aliphatic heterocycles. The molecular weight excluding hydrogens is 179 g/mol. The van der Waals surface area contributed by atoms with Crippen LogP contribution < -0.4 is 5.73 Å². The minimum absolute atomic E-state index is 0.277. The largest absolute Gasteiger partial charge is 0.320 e. The number of nitrogens with zero attached hydrogens (tertiary/aromatic N) is 1. The molecule has 0 amide bonds. The van der Waals surface area contributed by atoms with Crippen LogP contribution in [-0.2, 0) is 11.2 Å². The quantitative estimate of drug-likeness (QED) is 0.784. The maximum atomic E-state index is 13.6. The monoisotopic (exact) mass is 194 g/mol. The van der Waals surface area contributed by atoms with E-state index in [1.165, 1.54) is 0 Å². The average molecular weight is 194 g/mol. The van der Waals surface area contributed by atoms with Crippen molar-refractivity contribution in [3.05, 3.63) is 29.6 Å². The number of aromatic nitrogens is 1. The first kappa shape index (κ1) is 9.59. The molecule has 0 unspecified atom stereocenters. The van der Waals surface area contributed by atoms with E-state index in [-0.39, 0.29) is 5.54 Å². The van der Waals surface area contributed by atoms with E-state index in [9.17, 15) is 4.39 Å². The molecule has 2 N–H and O–H groups in total. The molecule has 0 bridgehead atoms. The fraction of sp³-hybridized carbons (Fsp3) is 0.545. The smallest absolute Gasteiger partial charge is 0.130 e. The molecule has 76 valence electrons. The van der Waals surface area contributed by atoms with Gasteiger partial charge in [0.05, 0.1) is 11.2 Å². The van der Waals surface area contributed by atoms with Gasteiger partial charge in [0.2, 0.25) is 0 Å². The van der Waals surface area contributed by atoms with Crippen LogP contribution in [0.4, 0.5) is 4.39 Å². The van der Waals surface area contributed by atoms with Crippen LogP contribution in [0.3, 0.4) is 0 Å². The van der Waals surface area contributed by atoms with Crippen LogP contribution in [0.5, 0.6) is 0 Å². The lowest BCUT2D eigenvalue weighted by Gasteiger charge is -2.16. The van der Waals surface area contributed by atoms with E-state index in [4.69, 9.17) is 5.73 Å². The van der Waals surface area contributed by atoms with E-state index >= 15 is 0 Å². The van der Waals surface area contributed by atoms with Gasteiger partial charge in [-0.2, -0.15) is 0 Å². The number of rotatable bonds is 2. The average Bonchev–Trinajstić information content (AvgIpc) is 2.84. The van der Waals surface area contributed by atoms with E-state index in [1.807, 2.05) is 0 Å². The predicted molar refractivity (Wildman–Crippen MR) is 53.5 cm³/mol. The summed E-state index contributed by atoms with van der Waals surface area (Å²) in [6, 6.07) is 3.49. The van der Waals surface area contributed by atoms with Gasteiger partial charge in [-0.25, -0.2) is 4.39 Å². The molecule has 1 aromatic heterocycles. The van der Waals surface area contributed by atoms with E-state index < -0.39 is 5.67 Å². The van der Waals surface area contributed by atoms with Crippen LogP contribution in [-0.4, -0.2) is 4.98 Å². The minimum Gasteiger partial charge on any atom is -0.320 e. The van der Waals surface area contributed by atoms with E-state index in [1.54, 1.807) is 32.2 Å². The molecule has 1 heterocycles. The lowest BCUT2D eigenvalue weighted by Crippen LogP contribution is -2.21. The summed E-state index contributed by atoms with van der Waals surface area (Å²) in [6.07, 6.45) is 3.55. The zero-order chi connectivity index (χ0) is 10.4. The number of nitrogens with two attached hydrogens (primary N) is 1. The van der Waals surface area contributed by atoms with Gasteiger partial charge in [0, 0.05) is 6.20 Å². The Morgan fingerprint density at radius 3 is 2.64 bits per heavy atom. The van der Waals surface area contributed by atoms with Crippen LogP contribution in [0.2, 0.25) is 0 Å². The van der Waals surface area contributed by atoms with Gasteiger partial charge in [0.25, 0.3) is 0 Å². The summed E-state index contributed by atoms with van der Waals surface area (Å²) < 4.78 is 13.6. The van der Waals surface area contributed by atoms with Gasteiger partial charge >= 0.3 is 0 Å². The number of halogens is 1. The molecule has 1 fully saturated rings. The first-order chi connectivity index (χ1) is 6.42. The fourth-order valence-corrected chi connectivity index (χ4v) is 1.46. The van der Waals surface area contributed by atoms with Crippen LogP contribution in [0.15, 0.2) is 18.3 Å². The molecule has 0 radical (unpaired) electrons. The van der Waals surface area contributed by atoms with Crippen molar-refractivity contribution >= 4 is 0 Å². The second-order valence-electron chi connectivity index (χ2n) is 4.56. The summed E-state index contributed by atoms with van der Waals surface area (Å²) in [4.78, 5) is 4.20. The van der Waals surface area contributed by atoms with Crippen molar-refractivity contribution in [1.82, 2.24) is 4.98 Å². The molecule has 0 aromatic carbocycles. The number of hydrogen-bond acceptors (Lipinski definition) is 2. The first-order valence-corrected chi connectivity index (χ1v) is 4.87. The Balaban J connectivity index is 2.37. The fourth-order valence-electron chi connectivity index (χ4n) is 1.46. The van der Waals surface area contributed by atoms with Gasteiger partial charge in [-0.05, 0) is 44.4 Å². The first-order valence-electron chi connectivity index (χ1n) is 4.87. The summed E-state index contributed by atoms with van der Waals surface area (Å²) in [6.45, 7) is 3.09. The lowest BCUT2D eigenvalue weighted by molar-refractivity contribution is 0.221. The molecule has 1 aromatic rings. The standard InChI is InChI=1S/C11H15FN2/c1-10(2,12)8-3-6-14-9(7-8)11(13)4-5-11/h3,6-7H,4-5,13H2,1-2H3. The number of hydrogen-bond donors (Lipinski definition) is 1. The van der Waals surface area contributed by atoms with Crippen LogP contribution in [0, 0.1) is 0 Å². The van der Waals surface area contributed by atoms with Crippen LogP contribution in [0.25, 0.3) is 0 Å². The Morgan fingerprint density at radius 2 is 2.14 bits per heavy atom. The van der Waals surface area contributed by atoms with Crippen LogP contribution in [0.1, 0.15) is 37.9 Å². The molecule has 1 aliphatic carbocycles. The van der Waals surface area contributed by atoms with Gasteiger partial charge in [-0.3, -0.25) is 4.98 Å². The zero-order valence-corrected chi connectivity index (χ0v) is 8.55. The minimum atomic E-state index is -1.32. The highest BCUT2D eigenvalue weighted by atomic mass is 19.1. The van der Waals surface area contributed by atoms with Gasteiger partial charge in [0.1, 0.15) is 5.67 Å². The number of alkyl halides is 1. The maximum absolute atomic E-state index is 13.6. The third-order valence-corrected chi connectivity index (χ3v) is 2.75. The number of pyridine rings is 1. The summed E-state index contributed by atoms with van der Waals surface area (Å²) in [5.74, 6) is 0. The summed E-state index contributed by atoms with van der Waals surface area (Å²) in [5.41, 5.74) is 5.87. The molecule has 0 atom stereocenters. The van der Waals surface area contributed by atoms with Crippen molar-refractivity contribution in [3.8, 4) is 0 Å². The van der Waals surface area contributed by atoms with E-state index in [0.717, 1.165) is 18.5 Å². The summed E-state index contributed by atoms with van der Waals surface area (Å²) in [5, 5.41) is 0. The molecule has 14 heavy (non-hydrogen) atoms. The molecule has 1 aliphatic rings. The highest BCUT2D eigenvalue weighted by Crippen LogP contribution is 2.42. The molecule has 0 spiro atoms. The van der Waals surface area contributed by atoms with Crippen molar-refractivity contribution in [1.29, 1.82) is 0 Å². The van der Waals surface area contributed by atoms with Crippen molar-refractivity contribution in [2.45, 2.75) is 37.9 Å². The van der Waals surface area contributed by atoms with Gasteiger partial charge < -0.3 is 5.73 Å². The van der Waals surface area contributed by atoms with E-state index in [2.05, 4.69) is 4.98 Å². The SMILES string of the molecule is CC(C)(F)c1ccnc(C2(N)CC2)c1. The summed E-state index contributed by atoms with van der Waals surface area (Å²) in [7, 11) is 0. The normalized spacial score (nSPS) is 19.4.